The molecule has 0 radical (unpaired) electrons. The van der Waals surface area contributed by atoms with E-state index in [9.17, 15) is 10.1 Å². The molecule has 0 saturated carbocycles. The van der Waals surface area contributed by atoms with Crippen molar-refractivity contribution in [2.24, 2.45) is 0 Å². The first-order chi connectivity index (χ1) is 13.1. The lowest BCUT2D eigenvalue weighted by molar-refractivity contribution is -0.132. The zero-order chi connectivity index (χ0) is 19.2. The van der Waals surface area contributed by atoms with Crippen LogP contribution >= 0.6 is 0 Å². The van der Waals surface area contributed by atoms with Crippen LogP contribution in [0.25, 0.3) is 22.4 Å². The first-order valence-corrected chi connectivity index (χ1v) is 8.67. The molecule has 0 unspecified atom stereocenters. The van der Waals surface area contributed by atoms with Crippen LogP contribution in [0, 0.1) is 11.3 Å². The Hall–Kier alpha value is -3.58. The molecule has 134 valence electrons. The Bertz CT molecular complexity index is 1060. The van der Waals surface area contributed by atoms with Crippen molar-refractivity contribution in [3.63, 3.8) is 0 Å². The number of nitrogens with zero attached hydrogens (tertiary/aromatic N) is 1. The SMILES string of the molecule is CCOc1cc(/C=C(/C#N)c2cccc3ccccc23)ccc1OC(C)=O. The van der Waals surface area contributed by atoms with Gasteiger partial charge in [0.15, 0.2) is 11.5 Å². The van der Waals surface area contributed by atoms with Crippen molar-refractivity contribution in [1.29, 1.82) is 5.26 Å². The third-order valence-electron chi connectivity index (χ3n) is 4.03. The van der Waals surface area contributed by atoms with Crippen LogP contribution in [0.1, 0.15) is 25.0 Å². The molecule has 4 nitrogen and oxygen atoms in total. The second-order valence-electron chi connectivity index (χ2n) is 5.93. The number of benzene rings is 3. The molecule has 3 aromatic carbocycles. The summed E-state index contributed by atoms with van der Waals surface area (Å²) in [4.78, 5) is 11.3. The second-order valence-corrected chi connectivity index (χ2v) is 5.93. The van der Waals surface area contributed by atoms with Crippen LogP contribution in [0.2, 0.25) is 0 Å². The van der Waals surface area contributed by atoms with Crippen molar-refractivity contribution >= 4 is 28.4 Å². The summed E-state index contributed by atoms with van der Waals surface area (Å²) < 4.78 is 10.8. The van der Waals surface area contributed by atoms with Gasteiger partial charge in [-0.15, -0.1) is 0 Å². The van der Waals surface area contributed by atoms with Gasteiger partial charge in [0.1, 0.15) is 0 Å². The van der Waals surface area contributed by atoms with Gasteiger partial charge in [-0.1, -0.05) is 48.5 Å². The lowest BCUT2D eigenvalue weighted by Gasteiger charge is -2.11. The first kappa shape index (κ1) is 18.2. The van der Waals surface area contributed by atoms with E-state index in [1.165, 1.54) is 6.92 Å². The van der Waals surface area contributed by atoms with E-state index in [1.54, 1.807) is 18.2 Å². The predicted molar refractivity (Wildman–Crippen MR) is 106 cm³/mol. The highest BCUT2D eigenvalue weighted by Crippen LogP contribution is 2.31. The number of ether oxygens (including phenoxy) is 2. The van der Waals surface area contributed by atoms with Gasteiger partial charge in [0.05, 0.1) is 18.2 Å². The van der Waals surface area contributed by atoms with E-state index in [2.05, 4.69) is 6.07 Å². The Morgan fingerprint density at radius 1 is 1.07 bits per heavy atom. The zero-order valence-corrected chi connectivity index (χ0v) is 15.2. The fourth-order valence-electron chi connectivity index (χ4n) is 2.92. The highest BCUT2D eigenvalue weighted by molar-refractivity contribution is 6.01. The van der Waals surface area contributed by atoms with E-state index in [0.717, 1.165) is 21.9 Å². The summed E-state index contributed by atoms with van der Waals surface area (Å²) in [6.45, 7) is 3.64. The van der Waals surface area contributed by atoms with Gasteiger partial charge >= 0.3 is 5.97 Å². The zero-order valence-electron chi connectivity index (χ0n) is 15.2. The number of hydrogen-bond donors (Lipinski definition) is 0. The molecule has 0 fully saturated rings. The third-order valence-corrected chi connectivity index (χ3v) is 4.03. The lowest BCUT2D eigenvalue weighted by atomic mass is 9.97. The number of carbonyl (C=O) groups is 1. The van der Waals surface area contributed by atoms with Gasteiger partial charge < -0.3 is 9.47 Å². The van der Waals surface area contributed by atoms with E-state index in [-0.39, 0.29) is 0 Å². The van der Waals surface area contributed by atoms with Gasteiger partial charge in [0.25, 0.3) is 0 Å². The van der Waals surface area contributed by atoms with Crippen molar-refractivity contribution in [3.8, 4) is 17.6 Å². The average Bonchev–Trinajstić information content (AvgIpc) is 2.67. The molecule has 0 heterocycles. The molecule has 0 saturated heterocycles. The minimum Gasteiger partial charge on any atom is -0.490 e. The number of hydrogen-bond acceptors (Lipinski definition) is 4. The molecule has 4 heteroatoms. The number of allylic oxidation sites excluding steroid dienone is 1. The maximum atomic E-state index is 11.3. The van der Waals surface area contributed by atoms with Gasteiger partial charge in [-0.3, -0.25) is 4.79 Å². The van der Waals surface area contributed by atoms with E-state index in [1.807, 2.05) is 55.5 Å². The molecule has 0 aliphatic carbocycles. The molecular weight excluding hydrogens is 338 g/mol. The van der Waals surface area contributed by atoms with E-state index >= 15 is 0 Å². The van der Waals surface area contributed by atoms with E-state index in [0.29, 0.717) is 23.7 Å². The Balaban J connectivity index is 2.06. The fraction of sp³-hybridized carbons (Fsp3) is 0.130. The summed E-state index contributed by atoms with van der Waals surface area (Å²) in [7, 11) is 0. The smallest absolute Gasteiger partial charge is 0.308 e. The molecule has 0 aliphatic rings. The molecule has 27 heavy (non-hydrogen) atoms. The summed E-state index contributed by atoms with van der Waals surface area (Å²) in [5.74, 6) is 0.426. The Morgan fingerprint density at radius 2 is 1.85 bits per heavy atom. The molecular formula is C23H19NO3. The largest absolute Gasteiger partial charge is 0.490 e. The fourth-order valence-corrected chi connectivity index (χ4v) is 2.92. The van der Waals surface area contributed by atoms with Crippen molar-refractivity contribution < 1.29 is 14.3 Å². The Kier molecular flexibility index (Phi) is 5.53. The highest BCUT2D eigenvalue weighted by atomic mass is 16.6. The number of fused-ring (bicyclic) bond motifs is 1. The van der Waals surface area contributed by atoms with Crippen LogP contribution in [0.5, 0.6) is 11.5 Å². The van der Waals surface area contributed by atoms with Crippen LogP contribution in [-0.2, 0) is 4.79 Å². The summed E-state index contributed by atoms with van der Waals surface area (Å²) in [5, 5.41) is 11.8. The topological polar surface area (TPSA) is 59.3 Å². The number of carbonyl (C=O) groups excluding carboxylic acids is 1. The molecule has 0 amide bonds. The van der Waals surface area contributed by atoms with Crippen LogP contribution in [-0.4, -0.2) is 12.6 Å². The van der Waals surface area contributed by atoms with Crippen LogP contribution in [0.15, 0.2) is 60.7 Å². The van der Waals surface area contributed by atoms with Crippen LogP contribution in [0.4, 0.5) is 0 Å². The summed E-state index contributed by atoms with van der Waals surface area (Å²) in [5.41, 5.74) is 2.21. The number of esters is 1. The van der Waals surface area contributed by atoms with Crippen molar-refractivity contribution in [3.05, 3.63) is 71.8 Å². The average molecular weight is 357 g/mol. The first-order valence-electron chi connectivity index (χ1n) is 8.67. The monoisotopic (exact) mass is 357 g/mol. The molecule has 3 rings (SSSR count). The highest BCUT2D eigenvalue weighted by Gasteiger charge is 2.10. The van der Waals surface area contributed by atoms with E-state index < -0.39 is 5.97 Å². The van der Waals surface area contributed by atoms with Gasteiger partial charge in [-0.25, -0.2) is 0 Å². The van der Waals surface area contributed by atoms with E-state index in [4.69, 9.17) is 9.47 Å². The predicted octanol–water partition coefficient (Wildman–Crippen LogP) is 5.23. The number of rotatable bonds is 5. The normalized spacial score (nSPS) is 11.1. The van der Waals surface area contributed by atoms with Crippen molar-refractivity contribution in [2.45, 2.75) is 13.8 Å². The molecule has 0 aliphatic heterocycles. The quantitative estimate of drug-likeness (QED) is 0.272. The molecule has 0 N–H and O–H groups in total. The van der Waals surface area contributed by atoms with Gasteiger partial charge in [0, 0.05) is 12.5 Å². The minimum absolute atomic E-state index is 0.366. The minimum atomic E-state index is -0.410. The lowest BCUT2D eigenvalue weighted by Crippen LogP contribution is -2.04. The van der Waals surface area contributed by atoms with Crippen molar-refractivity contribution in [2.75, 3.05) is 6.61 Å². The van der Waals surface area contributed by atoms with Crippen LogP contribution < -0.4 is 9.47 Å². The van der Waals surface area contributed by atoms with Gasteiger partial charge in [-0.05, 0) is 41.5 Å². The Morgan fingerprint density at radius 3 is 2.59 bits per heavy atom. The molecule has 0 aromatic heterocycles. The molecule has 3 aromatic rings. The Labute approximate surface area is 158 Å². The second kappa shape index (κ2) is 8.20. The summed E-state index contributed by atoms with van der Waals surface area (Å²) in [6, 6.07) is 21.4. The third kappa shape index (κ3) is 4.16. The summed E-state index contributed by atoms with van der Waals surface area (Å²) >= 11 is 0. The molecule has 0 bridgehead atoms. The maximum absolute atomic E-state index is 11.3. The molecule has 0 atom stereocenters. The molecule has 0 spiro atoms. The maximum Gasteiger partial charge on any atom is 0.308 e. The van der Waals surface area contributed by atoms with Gasteiger partial charge in [-0.2, -0.15) is 5.26 Å². The summed E-state index contributed by atoms with van der Waals surface area (Å²) in [6.07, 6.45) is 1.81. The standard InChI is InChI=1S/C23H19NO3/c1-3-26-23-14-17(11-12-22(23)27-16(2)25)13-19(15-24)21-10-6-8-18-7-4-5-9-20(18)21/h4-14H,3H2,1-2H3/b19-13-. The van der Waals surface area contributed by atoms with Crippen LogP contribution in [0.3, 0.4) is 0 Å². The van der Waals surface area contributed by atoms with Gasteiger partial charge in [0.2, 0.25) is 0 Å². The van der Waals surface area contributed by atoms with Crippen molar-refractivity contribution in [1.82, 2.24) is 0 Å². The number of nitriles is 1.